The van der Waals surface area contributed by atoms with Crippen molar-refractivity contribution in [2.24, 2.45) is 21.9 Å². The van der Waals surface area contributed by atoms with Crippen LogP contribution in [0.1, 0.15) is 62.8 Å². The van der Waals surface area contributed by atoms with Gasteiger partial charge in [-0.25, -0.2) is 5.84 Å². The van der Waals surface area contributed by atoms with Gasteiger partial charge in [-0.3, -0.25) is 9.80 Å². The number of hydrazone groups is 2. The summed E-state index contributed by atoms with van der Waals surface area (Å²) < 4.78 is 0. The number of amidine groups is 2. The van der Waals surface area contributed by atoms with E-state index in [1.165, 1.54) is 16.7 Å². The number of carbonyl (C=O) groups excluding carboxylic acids is 1. The van der Waals surface area contributed by atoms with Gasteiger partial charge in [-0.1, -0.05) is 87.5 Å². The first-order valence-electron chi connectivity index (χ1n) is 13.7. The first-order valence-corrected chi connectivity index (χ1v) is 13.7. The average Bonchev–Trinajstić information content (AvgIpc) is 2.94. The van der Waals surface area contributed by atoms with Crippen LogP contribution in [0.15, 0.2) is 83.0 Å². The molecule has 0 bridgehead atoms. The van der Waals surface area contributed by atoms with Gasteiger partial charge >= 0.3 is 0 Å². The van der Waals surface area contributed by atoms with Crippen molar-refractivity contribution in [3.05, 3.63) is 95.1 Å². The fraction of sp³-hybridized carbons (Fsp3) is 0.344. The Morgan fingerprint density at radius 1 is 0.975 bits per heavy atom. The Bertz CT molecular complexity index is 1290. The van der Waals surface area contributed by atoms with Crippen molar-refractivity contribution < 1.29 is 4.79 Å². The number of hydrogen-bond acceptors (Lipinski definition) is 6. The summed E-state index contributed by atoms with van der Waals surface area (Å²) in [4.78, 5) is 13.4. The Balaban J connectivity index is 1.64. The lowest BCUT2D eigenvalue weighted by Gasteiger charge is -2.22. The summed E-state index contributed by atoms with van der Waals surface area (Å²) in [6.45, 7) is 9.87. The molecule has 0 atom stereocenters. The smallest absolute Gasteiger partial charge is 0.215 e. The third-order valence-corrected chi connectivity index (χ3v) is 6.87. The van der Waals surface area contributed by atoms with Crippen LogP contribution in [0.3, 0.4) is 0 Å². The van der Waals surface area contributed by atoms with Crippen LogP contribution in [0.25, 0.3) is 11.1 Å². The fourth-order valence-corrected chi connectivity index (χ4v) is 4.53. The van der Waals surface area contributed by atoms with Crippen molar-refractivity contribution in [1.82, 2.24) is 15.3 Å². The summed E-state index contributed by atoms with van der Waals surface area (Å²) in [5.41, 5.74) is 9.33. The molecule has 0 aliphatic heterocycles. The maximum atomic E-state index is 11.8. The van der Waals surface area contributed by atoms with Crippen LogP contribution >= 0.6 is 0 Å². The van der Waals surface area contributed by atoms with Gasteiger partial charge in [-0.15, -0.1) is 0 Å². The standard InChI is InChI=1S/C32H43N7O/c1-6-39(23-40)30(37-38(5)22-25-15-19-29(20-16-25)32(2,3)4)12-7-9-24-13-17-26(18-14-24)27-10-8-11-28(21-27)31(35-33)36-34/h8,10-11,13-21,23H,6-7,9,12,22,33-34H2,1-5H3,(H,35,36)/b37-30-. The zero-order chi connectivity index (χ0) is 29.1. The molecule has 3 aromatic carbocycles. The predicted octanol–water partition coefficient (Wildman–Crippen LogP) is 4.98. The Morgan fingerprint density at radius 3 is 2.23 bits per heavy atom. The van der Waals surface area contributed by atoms with E-state index in [1.54, 1.807) is 4.90 Å². The SMILES string of the molecule is CCN(C=O)/C(CCCc1ccc(-c2cccc(/C(=N/N)NN)c2)cc1)=N\N(C)Cc1ccc(C(C)(C)C)cc1. The zero-order valence-electron chi connectivity index (χ0n) is 24.4. The monoisotopic (exact) mass is 541 g/mol. The van der Waals surface area contributed by atoms with E-state index in [0.717, 1.165) is 41.8 Å². The van der Waals surface area contributed by atoms with E-state index in [2.05, 4.69) is 79.8 Å². The quantitative estimate of drug-likeness (QED) is 0.104. The summed E-state index contributed by atoms with van der Waals surface area (Å²) in [6, 6.07) is 25.1. The number of nitrogens with one attached hydrogen (secondary N) is 1. The minimum absolute atomic E-state index is 0.124. The lowest BCUT2D eigenvalue weighted by atomic mass is 9.87. The molecule has 0 aromatic heterocycles. The number of nitrogens with two attached hydrogens (primary N) is 2. The highest BCUT2D eigenvalue weighted by molar-refractivity contribution is 5.99. The van der Waals surface area contributed by atoms with Crippen LogP contribution in [0, 0.1) is 0 Å². The summed E-state index contributed by atoms with van der Waals surface area (Å²) >= 11 is 0. The second-order valence-corrected chi connectivity index (χ2v) is 10.9. The molecule has 8 heteroatoms. The van der Waals surface area contributed by atoms with Gasteiger partial charge in [0.05, 0.1) is 6.54 Å². The molecule has 0 radical (unpaired) electrons. The van der Waals surface area contributed by atoms with Gasteiger partial charge in [0.15, 0.2) is 5.84 Å². The minimum Gasteiger partial charge on any atom is -0.321 e. The minimum atomic E-state index is 0.124. The molecule has 0 aliphatic carbocycles. The van der Waals surface area contributed by atoms with Crippen molar-refractivity contribution >= 4 is 18.1 Å². The molecule has 0 spiro atoms. The zero-order valence-corrected chi connectivity index (χ0v) is 24.4. The number of hydrazine groups is 1. The third-order valence-electron chi connectivity index (χ3n) is 6.87. The van der Waals surface area contributed by atoms with Crippen molar-refractivity contribution in [2.75, 3.05) is 13.6 Å². The van der Waals surface area contributed by atoms with E-state index in [1.807, 2.05) is 43.2 Å². The van der Waals surface area contributed by atoms with Gasteiger partial charge in [0.25, 0.3) is 0 Å². The summed E-state index contributed by atoms with van der Waals surface area (Å²) in [5, 5.41) is 10.4. The molecule has 212 valence electrons. The van der Waals surface area contributed by atoms with Crippen LogP contribution in [-0.2, 0) is 23.2 Å². The number of aryl methyl sites for hydroxylation is 1. The molecule has 0 aliphatic rings. The second-order valence-electron chi connectivity index (χ2n) is 10.9. The molecule has 0 saturated carbocycles. The van der Waals surface area contributed by atoms with Gasteiger partial charge < -0.3 is 16.2 Å². The van der Waals surface area contributed by atoms with Crippen LogP contribution in [-0.4, -0.2) is 41.6 Å². The number of amides is 1. The molecular weight excluding hydrogens is 498 g/mol. The highest BCUT2D eigenvalue weighted by atomic mass is 16.1. The lowest BCUT2D eigenvalue weighted by Crippen LogP contribution is -2.32. The predicted molar refractivity (Wildman–Crippen MR) is 165 cm³/mol. The number of carbonyl (C=O) groups is 1. The van der Waals surface area contributed by atoms with E-state index < -0.39 is 0 Å². The molecule has 3 aromatic rings. The Kier molecular flexibility index (Phi) is 10.8. The van der Waals surface area contributed by atoms with Crippen molar-refractivity contribution in [2.45, 2.75) is 58.9 Å². The maximum Gasteiger partial charge on any atom is 0.215 e. The summed E-state index contributed by atoms with van der Waals surface area (Å²) in [7, 11) is 1.95. The third kappa shape index (κ3) is 8.41. The van der Waals surface area contributed by atoms with Gasteiger partial charge in [-0.05, 0) is 59.1 Å². The molecule has 1 amide bonds. The average molecular weight is 542 g/mol. The molecule has 40 heavy (non-hydrogen) atoms. The molecule has 0 unspecified atom stereocenters. The number of nitrogens with zero attached hydrogens (tertiary/aromatic N) is 4. The highest BCUT2D eigenvalue weighted by Crippen LogP contribution is 2.23. The number of hydrogen-bond donors (Lipinski definition) is 3. The van der Waals surface area contributed by atoms with Crippen molar-refractivity contribution in [3.8, 4) is 11.1 Å². The topological polar surface area (TPSA) is 112 Å². The summed E-state index contributed by atoms with van der Waals surface area (Å²) in [5.74, 6) is 12.1. The van der Waals surface area contributed by atoms with E-state index in [-0.39, 0.29) is 5.41 Å². The fourth-order valence-electron chi connectivity index (χ4n) is 4.53. The Morgan fingerprint density at radius 2 is 1.65 bits per heavy atom. The van der Waals surface area contributed by atoms with E-state index >= 15 is 0 Å². The number of rotatable bonds is 11. The van der Waals surface area contributed by atoms with Crippen molar-refractivity contribution in [3.63, 3.8) is 0 Å². The molecule has 3 rings (SSSR count). The lowest BCUT2D eigenvalue weighted by molar-refractivity contribution is -0.114. The maximum absolute atomic E-state index is 11.8. The molecule has 0 fully saturated rings. The normalized spacial score (nSPS) is 12.2. The van der Waals surface area contributed by atoms with Crippen molar-refractivity contribution in [1.29, 1.82) is 0 Å². The van der Waals surface area contributed by atoms with Gasteiger partial charge in [0.1, 0.15) is 5.84 Å². The van der Waals surface area contributed by atoms with E-state index in [9.17, 15) is 4.79 Å². The van der Waals surface area contributed by atoms with Crippen LogP contribution in [0.5, 0.6) is 0 Å². The molecule has 8 nitrogen and oxygen atoms in total. The van der Waals surface area contributed by atoms with Gasteiger partial charge in [0, 0.05) is 25.6 Å². The highest BCUT2D eigenvalue weighted by Gasteiger charge is 2.14. The van der Waals surface area contributed by atoms with Gasteiger partial charge in [0.2, 0.25) is 6.41 Å². The van der Waals surface area contributed by atoms with Gasteiger partial charge in [-0.2, -0.15) is 10.2 Å². The van der Waals surface area contributed by atoms with Crippen LogP contribution in [0.2, 0.25) is 0 Å². The molecule has 0 saturated heterocycles. The van der Waals surface area contributed by atoms with E-state index in [0.29, 0.717) is 25.3 Å². The van der Waals surface area contributed by atoms with E-state index in [4.69, 9.17) is 16.8 Å². The van der Waals surface area contributed by atoms with Crippen LogP contribution in [0.4, 0.5) is 0 Å². The molecule has 5 N–H and O–H groups in total. The Hall–Kier alpha value is -4.17. The largest absolute Gasteiger partial charge is 0.321 e. The van der Waals surface area contributed by atoms with Crippen LogP contribution < -0.4 is 17.1 Å². The first-order chi connectivity index (χ1) is 19.2. The number of benzene rings is 3. The summed E-state index contributed by atoms with van der Waals surface area (Å²) in [6.07, 6.45) is 3.34. The second kappa shape index (κ2) is 14.3. The Labute approximate surface area is 238 Å². The molecular formula is C32H43N7O. The molecule has 0 heterocycles. The first kappa shape index (κ1) is 30.4.